The predicted octanol–water partition coefficient (Wildman–Crippen LogP) is 4.28. The van der Waals surface area contributed by atoms with Crippen LogP contribution in [0.5, 0.6) is 0 Å². The van der Waals surface area contributed by atoms with Crippen molar-refractivity contribution in [1.29, 1.82) is 5.26 Å². The molecule has 3 aromatic rings. The van der Waals surface area contributed by atoms with Gasteiger partial charge in [-0.15, -0.1) is 0 Å². The minimum atomic E-state index is -4.69. The molecule has 0 radical (unpaired) electrons. The molecule has 0 fully saturated rings. The van der Waals surface area contributed by atoms with E-state index in [1.165, 1.54) is 17.2 Å². The minimum absolute atomic E-state index is 0.0782. The molecule has 29 heavy (non-hydrogen) atoms. The summed E-state index contributed by atoms with van der Waals surface area (Å²) in [5.41, 5.74) is 0.154. The van der Waals surface area contributed by atoms with E-state index in [4.69, 9.17) is 9.68 Å². The number of carbonyl (C=O) groups excluding carboxylic acids is 1. The maximum Gasteiger partial charge on any atom is 0.451 e. The van der Waals surface area contributed by atoms with Gasteiger partial charge in [-0.1, -0.05) is 30.0 Å². The molecule has 10 heteroatoms. The topological polar surface area (TPSA) is 83.0 Å². The van der Waals surface area contributed by atoms with Crippen LogP contribution in [0.15, 0.2) is 52.1 Å². The molecule has 1 aromatic carbocycles. The number of fused-ring (bicyclic) bond motifs is 1. The third-order valence-electron chi connectivity index (χ3n) is 3.93. The lowest BCUT2D eigenvalue weighted by molar-refractivity contribution is -0.145. The second-order valence-corrected chi connectivity index (χ2v) is 6.92. The van der Waals surface area contributed by atoms with Crippen molar-refractivity contribution in [2.75, 3.05) is 12.3 Å². The number of hydrogen-bond acceptors (Lipinski definition) is 6. The van der Waals surface area contributed by atoms with Gasteiger partial charge in [-0.25, -0.2) is 9.97 Å². The highest BCUT2D eigenvalue weighted by Gasteiger charge is 2.35. The van der Waals surface area contributed by atoms with E-state index >= 15 is 0 Å². The summed E-state index contributed by atoms with van der Waals surface area (Å²) >= 11 is 0.907. The zero-order valence-electron chi connectivity index (χ0n) is 15.0. The molecule has 3 rings (SSSR count). The highest BCUT2D eigenvalue weighted by atomic mass is 32.2. The molecule has 2 aromatic heterocycles. The molecule has 0 bridgehead atoms. The van der Waals surface area contributed by atoms with Crippen LogP contribution in [-0.2, 0) is 17.5 Å². The summed E-state index contributed by atoms with van der Waals surface area (Å²) in [6.45, 7) is 0.362. The average Bonchev–Trinajstić information content (AvgIpc) is 3.21. The van der Waals surface area contributed by atoms with Gasteiger partial charge < -0.3 is 9.32 Å². The van der Waals surface area contributed by atoms with Crippen LogP contribution in [0.2, 0.25) is 0 Å². The number of para-hydroxylation sites is 1. The summed E-state index contributed by atoms with van der Waals surface area (Å²) in [5, 5.41) is 9.33. The maximum atomic E-state index is 13.1. The Kier molecular flexibility index (Phi) is 6.39. The number of amides is 1. The number of thioether (sulfide) groups is 1. The highest BCUT2D eigenvalue weighted by molar-refractivity contribution is 8.00. The summed E-state index contributed by atoms with van der Waals surface area (Å²) in [6.07, 6.45) is -3.09. The fraction of sp³-hybridized carbons (Fsp3) is 0.263. The number of carbonyl (C=O) groups is 1. The first kappa shape index (κ1) is 20.7. The molecule has 0 atom stereocenters. The lowest BCUT2D eigenvalue weighted by atomic mass is 10.2. The second-order valence-electron chi connectivity index (χ2n) is 5.96. The smallest absolute Gasteiger partial charge is 0.451 e. The number of nitrogens with zero attached hydrogens (tertiary/aromatic N) is 4. The first-order valence-corrected chi connectivity index (χ1v) is 9.51. The van der Waals surface area contributed by atoms with Gasteiger partial charge in [-0.2, -0.15) is 18.4 Å². The van der Waals surface area contributed by atoms with Gasteiger partial charge >= 0.3 is 6.18 Å². The van der Waals surface area contributed by atoms with E-state index < -0.39 is 12.0 Å². The summed E-state index contributed by atoms with van der Waals surface area (Å²) < 4.78 is 44.6. The number of benzene rings is 1. The molecule has 0 aliphatic carbocycles. The van der Waals surface area contributed by atoms with Gasteiger partial charge in [0.1, 0.15) is 10.8 Å². The van der Waals surface area contributed by atoms with Crippen molar-refractivity contribution >= 4 is 28.6 Å². The predicted molar refractivity (Wildman–Crippen MR) is 99.6 cm³/mol. The Bertz CT molecular complexity index is 1030. The fourth-order valence-electron chi connectivity index (χ4n) is 2.57. The van der Waals surface area contributed by atoms with E-state index in [1.807, 2.05) is 6.07 Å². The van der Waals surface area contributed by atoms with E-state index in [-0.39, 0.29) is 41.7 Å². The van der Waals surface area contributed by atoms with Crippen molar-refractivity contribution in [3.05, 3.63) is 54.2 Å². The number of rotatable bonds is 7. The molecule has 0 unspecified atom stereocenters. The molecule has 0 spiro atoms. The molecule has 150 valence electrons. The first-order valence-electron chi connectivity index (χ1n) is 8.52. The maximum absolute atomic E-state index is 13.1. The molecule has 1 amide bonds. The van der Waals surface area contributed by atoms with Gasteiger partial charge in [0, 0.05) is 11.9 Å². The third-order valence-corrected chi connectivity index (χ3v) is 4.90. The van der Waals surface area contributed by atoms with Gasteiger partial charge in [-0.05, 0) is 18.2 Å². The van der Waals surface area contributed by atoms with Crippen molar-refractivity contribution < 1.29 is 22.4 Å². The van der Waals surface area contributed by atoms with Crippen LogP contribution < -0.4 is 0 Å². The summed E-state index contributed by atoms with van der Waals surface area (Å²) in [4.78, 5) is 21.3. The normalized spacial score (nSPS) is 11.4. The van der Waals surface area contributed by atoms with E-state index in [0.29, 0.717) is 11.1 Å². The first-order chi connectivity index (χ1) is 13.9. The lowest BCUT2D eigenvalue weighted by Gasteiger charge is -2.20. The summed E-state index contributed by atoms with van der Waals surface area (Å²) in [7, 11) is 0. The van der Waals surface area contributed by atoms with Crippen LogP contribution in [0, 0.1) is 11.3 Å². The van der Waals surface area contributed by atoms with Crippen molar-refractivity contribution in [1.82, 2.24) is 14.9 Å². The molecule has 0 N–H and O–H groups in total. The Morgan fingerprint density at radius 2 is 2.00 bits per heavy atom. The van der Waals surface area contributed by atoms with Gasteiger partial charge in [0.25, 0.3) is 0 Å². The van der Waals surface area contributed by atoms with Gasteiger partial charge in [0.05, 0.1) is 36.6 Å². The monoisotopic (exact) mass is 420 g/mol. The van der Waals surface area contributed by atoms with Gasteiger partial charge in [0.2, 0.25) is 11.7 Å². The van der Waals surface area contributed by atoms with Crippen LogP contribution in [0.1, 0.15) is 18.0 Å². The van der Waals surface area contributed by atoms with Gasteiger partial charge in [0.15, 0.2) is 0 Å². The average molecular weight is 420 g/mol. The quantitative estimate of drug-likeness (QED) is 0.419. The largest absolute Gasteiger partial charge is 0.467 e. The fourth-order valence-corrected chi connectivity index (χ4v) is 3.50. The molecule has 2 heterocycles. The standard InChI is InChI=1S/C19H15F3N4O2S/c20-19(21,22)18-24-15-7-2-1-6-14(15)17(25-18)29-12-16(27)26(9-4-8-23)11-13-5-3-10-28-13/h1-3,5-7,10H,4,9,11-12H2. The summed E-state index contributed by atoms with van der Waals surface area (Å²) in [5.74, 6) is -1.17. The van der Waals surface area contributed by atoms with Crippen LogP contribution in [0.4, 0.5) is 13.2 Å². The molecule has 0 aliphatic rings. The SMILES string of the molecule is N#CCCN(Cc1ccco1)C(=O)CSc1nc(C(F)(F)F)nc2ccccc12. The Morgan fingerprint density at radius 1 is 1.21 bits per heavy atom. The zero-order valence-corrected chi connectivity index (χ0v) is 15.8. The van der Waals surface area contributed by atoms with E-state index in [0.717, 1.165) is 11.8 Å². The minimum Gasteiger partial charge on any atom is -0.467 e. The van der Waals surface area contributed by atoms with E-state index in [1.54, 1.807) is 30.3 Å². The number of furan rings is 1. The van der Waals surface area contributed by atoms with Gasteiger partial charge in [-0.3, -0.25) is 4.79 Å². The second kappa shape index (κ2) is 8.96. The molecule has 0 aliphatic heterocycles. The summed E-state index contributed by atoms with van der Waals surface area (Å²) in [6, 6.07) is 11.7. The Balaban J connectivity index is 1.80. The Labute approximate surface area is 168 Å². The van der Waals surface area contributed by atoms with Crippen molar-refractivity contribution in [2.45, 2.75) is 24.2 Å². The zero-order chi connectivity index (χ0) is 20.9. The lowest BCUT2D eigenvalue weighted by Crippen LogP contribution is -2.32. The molecule has 6 nitrogen and oxygen atoms in total. The molecule has 0 saturated carbocycles. The van der Waals surface area contributed by atoms with Crippen LogP contribution in [0.3, 0.4) is 0 Å². The highest BCUT2D eigenvalue weighted by Crippen LogP contribution is 2.32. The van der Waals surface area contributed by atoms with Crippen molar-refractivity contribution in [3.63, 3.8) is 0 Å². The van der Waals surface area contributed by atoms with E-state index in [9.17, 15) is 18.0 Å². The molecular formula is C19H15F3N4O2S. The van der Waals surface area contributed by atoms with Crippen molar-refractivity contribution in [3.8, 4) is 6.07 Å². The number of hydrogen-bond donors (Lipinski definition) is 0. The number of aromatic nitrogens is 2. The van der Waals surface area contributed by atoms with Crippen LogP contribution in [0.25, 0.3) is 10.9 Å². The number of halogens is 3. The Hall–Kier alpha value is -3.06. The molecular weight excluding hydrogens is 405 g/mol. The number of alkyl halides is 3. The van der Waals surface area contributed by atoms with E-state index in [2.05, 4.69) is 9.97 Å². The van der Waals surface area contributed by atoms with Crippen molar-refractivity contribution in [2.24, 2.45) is 0 Å². The van der Waals surface area contributed by atoms with Crippen LogP contribution in [-0.4, -0.2) is 33.1 Å². The van der Waals surface area contributed by atoms with Crippen LogP contribution >= 0.6 is 11.8 Å². The third kappa shape index (κ3) is 5.26. The number of nitriles is 1. The Morgan fingerprint density at radius 3 is 2.69 bits per heavy atom. The molecule has 0 saturated heterocycles.